The van der Waals surface area contributed by atoms with Gasteiger partial charge in [-0.3, -0.25) is 9.59 Å². The number of piperazine rings is 1. The second-order valence-corrected chi connectivity index (χ2v) is 6.20. The number of hydrogen-bond acceptors (Lipinski definition) is 2. The zero-order valence-corrected chi connectivity index (χ0v) is 12.5. The summed E-state index contributed by atoms with van der Waals surface area (Å²) >= 11 is 0. The van der Waals surface area contributed by atoms with Crippen LogP contribution in [0.1, 0.15) is 59.8 Å². The quantitative estimate of drug-likeness (QED) is 0.828. The molecule has 2 fully saturated rings. The molecule has 2 amide bonds. The maximum Gasteiger partial charge on any atom is 0.246 e. The van der Waals surface area contributed by atoms with Crippen molar-refractivity contribution in [3.63, 3.8) is 0 Å². The maximum absolute atomic E-state index is 12.7. The molecule has 2 rings (SSSR count). The van der Waals surface area contributed by atoms with Crippen LogP contribution in [0.3, 0.4) is 0 Å². The van der Waals surface area contributed by atoms with Gasteiger partial charge in [0.05, 0.1) is 0 Å². The molecule has 1 aliphatic heterocycles. The first-order chi connectivity index (χ1) is 8.96. The van der Waals surface area contributed by atoms with E-state index in [1.165, 1.54) is 0 Å². The third-order valence-corrected chi connectivity index (χ3v) is 4.78. The van der Waals surface area contributed by atoms with Crippen LogP contribution in [0, 0.1) is 5.92 Å². The van der Waals surface area contributed by atoms with Crippen LogP contribution in [0.5, 0.6) is 0 Å². The molecule has 1 heterocycles. The summed E-state index contributed by atoms with van der Waals surface area (Å²) in [6, 6.07) is -0.193. The Kier molecular flexibility index (Phi) is 3.88. The van der Waals surface area contributed by atoms with Gasteiger partial charge in [0.15, 0.2) is 0 Å². The molecule has 4 nitrogen and oxygen atoms in total. The van der Waals surface area contributed by atoms with E-state index in [2.05, 4.69) is 19.2 Å². The van der Waals surface area contributed by atoms with Crippen LogP contribution in [0.25, 0.3) is 0 Å². The summed E-state index contributed by atoms with van der Waals surface area (Å²) in [5.74, 6) is 0.506. The first kappa shape index (κ1) is 14.4. The zero-order valence-electron chi connectivity index (χ0n) is 12.5. The predicted octanol–water partition coefficient (Wildman–Crippen LogP) is 2.08. The number of hydrogen-bond donors (Lipinski definition) is 1. The van der Waals surface area contributed by atoms with Crippen LogP contribution in [-0.4, -0.2) is 34.3 Å². The van der Waals surface area contributed by atoms with Crippen LogP contribution < -0.4 is 5.32 Å². The topological polar surface area (TPSA) is 49.4 Å². The summed E-state index contributed by atoms with van der Waals surface area (Å²) in [4.78, 5) is 27.2. The Morgan fingerprint density at radius 3 is 2.47 bits per heavy atom. The van der Waals surface area contributed by atoms with E-state index >= 15 is 0 Å². The van der Waals surface area contributed by atoms with Gasteiger partial charge in [-0.25, -0.2) is 0 Å². The summed E-state index contributed by atoms with van der Waals surface area (Å²) in [7, 11) is 0. The lowest BCUT2D eigenvalue weighted by Gasteiger charge is -2.49. The number of rotatable bonds is 5. The standard InChI is InChI=1S/C15H26N2O2/c1-5-7-12-13(18)17(10(3)6-2)15(4,11-8-9-11)14(19)16-12/h10-12H,5-9H2,1-4H3,(H,16,19). The summed E-state index contributed by atoms with van der Waals surface area (Å²) in [6.45, 7) is 8.13. The Morgan fingerprint density at radius 2 is 2.00 bits per heavy atom. The second-order valence-electron chi connectivity index (χ2n) is 6.20. The molecule has 1 aliphatic carbocycles. The molecule has 0 aromatic heterocycles. The molecular weight excluding hydrogens is 240 g/mol. The Hall–Kier alpha value is -1.06. The molecule has 0 bridgehead atoms. The molecule has 0 radical (unpaired) electrons. The van der Waals surface area contributed by atoms with E-state index < -0.39 is 5.54 Å². The largest absolute Gasteiger partial charge is 0.342 e. The molecule has 0 spiro atoms. The molecule has 1 saturated heterocycles. The van der Waals surface area contributed by atoms with E-state index in [1.54, 1.807) is 0 Å². The molecule has 3 atom stereocenters. The van der Waals surface area contributed by atoms with Crippen molar-refractivity contribution in [2.45, 2.75) is 77.4 Å². The normalized spacial score (nSPS) is 33.3. The van der Waals surface area contributed by atoms with Crippen molar-refractivity contribution in [2.75, 3.05) is 0 Å². The van der Waals surface area contributed by atoms with Gasteiger partial charge in [0.25, 0.3) is 0 Å². The molecule has 0 aromatic rings. The van der Waals surface area contributed by atoms with E-state index in [0.717, 1.165) is 32.1 Å². The van der Waals surface area contributed by atoms with Crippen LogP contribution in [0.2, 0.25) is 0 Å². The van der Waals surface area contributed by atoms with E-state index in [-0.39, 0.29) is 23.9 Å². The van der Waals surface area contributed by atoms with Gasteiger partial charge < -0.3 is 10.2 Å². The minimum absolute atomic E-state index is 0.0494. The first-order valence-electron chi connectivity index (χ1n) is 7.60. The minimum atomic E-state index is -0.628. The molecule has 108 valence electrons. The summed E-state index contributed by atoms with van der Waals surface area (Å²) < 4.78 is 0. The molecule has 19 heavy (non-hydrogen) atoms. The van der Waals surface area contributed by atoms with Crippen molar-refractivity contribution >= 4 is 11.8 Å². The van der Waals surface area contributed by atoms with Gasteiger partial charge in [-0.1, -0.05) is 20.3 Å². The van der Waals surface area contributed by atoms with Gasteiger partial charge in [0.2, 0.25) is 11.8 Å². The molecule has 0 aromatic carbocycles. The predicted molar refractivity (Wildman–Crippen MR) is 74.6 cm³/mol. The monoisotopic (exact) mass is 266 g/mol. The first-order valence-corrected chi connectivity index (χ1v) is 7.60. The van der Waals surface area contributed by atoms with Crippen molar-refractivity contribution in [3.8, 4) is 0 Å². The van der Waals surface area contributed by atoms with Crippen molar-refractivity contribution in [3.05, 3.63) is 0 Å². The molecule has 2 aliphatic rings. The summed E-state index contributed by atoms with van der Waals surface area (Å²) in [5, 5.41) is 2.96. The molecular formula is C15H26N2O2. The van der Waals surface area contributed by atoms with Crippen molar-refractivity contribution < 1.29 is 9.59 Å². The molecule has 1 saturated carbocycles. The Balaban J connectivity index is 2.32. The van der Waals surface area contributed by atoms with Crippen molar-refractivity contribution in [2.24, 2.45) is 5.92 Å². The van der Waals surface area contributed by atoms with E-state index in [0.29, 0.717) is 5.92 Å². The highest BCUT2D eigenvalue weighted by Gasteiger charge is 2.57. The lowest BCUT2D eigenvalue weighted by molar-refractivity contribution is -0.161. The second kappa shape index (κ2) is 5.14. The van der Waals surface area contributed by atoms with Gasteiger partial charge in [-0.05, 0) is 45.4 Å². The molecule has 3 unspecified atom stereocenters. The Morgan fingerprint density at radius 1 is 1.37 bits per heavy atom. The van der Waals surface area contributed by atoms with Crippen LogP contribution >= 0.6 is 0 Å². The number of amides is 2. The lowest BCUT2D eigenvalue weighted by atomic mass is 9.85. The van der Waals surface area contributed by atoms with Gasteiger partial charge in [0.1, 0.15) is 11.6 Å². The van der Waals surface area contributed by atoms with E-state index in [9.17, 15) is 9.59 Å². The summed E-state index contributed by atoms with van der Waals surface area (Å²) in [6.07, 6.45) is 4.65. The van der Waals surface area contributed by atoms with Crippen LogP contribution in [-0.2, 0) is 9.59 Å². The fourth-order valence-corrected chi connectivity index (χ4v) is 3.24. The number of nitrogens with zero attached hydrogens (tertiary/aromatic N) is 1. The van der Waals surface area contributed by atoms with E-state index in [1.807, 2.05) is 18.7 Å². The third-order valence-electron chi connectivity index (χ3n) is 4.78. The number of nitrogens with one attached hydrogen (secondary N) is 1. The fraction of sp³-hybridized carbons (Fsp3) is 0.867. The van der Waals surface area contributed by atoms with E-state index in [4.69, 9.17) is 0 Å². The number of carbonyl (C=O) groups excluding carboxylic acids is 2. The minimum Gasteiger partial charge on any atom is -0.342 e. The highest BCUT2D eigenvalue weighted by Crippen LogP contribution is 2.46. The van der Waals surface area contributed by atoms with Crippen LogP contribution in [0.4, 0.5) is 0 Å². The average molecular weight is 266 g/mol. The van der Waals surface area contributed by atoms with Gasteiger partial charge >= 0.3 is 0 Å². The number of carbonyl (C=O) groups is 2. The third kappa shape index (κ3) is 2.26. The SMILES string of the molecule is CCCC1NC(=O)C(C)(C2CC2)N(C(C)CC)C1=O. The Labute approximate surface area is 115 Å². The lowest BCUT2D eigenvalue weighted by Crippen LogP contribution is -2.72. The van der Waals surface area contributed by atoms with Crippen LogP contribution in [0.15, 0.2) is 0 Å². The smallest absolute Gasteiger partial charge is 0.246 e. The van der Waals surface area contributed by atoms with Crippen molar-refractivity contribution in [1.29, 1.82) is 0 Å². The molecule has 1 N–H and O–H groups in total. The highest BCUT2D eigenvalue weighted by molar-refractivity contribution is 6.00. The molecule has 4 heteroatoms. The van der Waals surface area contributed by atoms with Gasteiger partial charge in [0, 0.05) is 6.04 Å². The average Bonchev–Trinajstić information content (AvgIpc) is 3.20. The zero-order chi connectivity index (χ0) is 14.2. The maximum atomic E-state index is 12.7. The fourth-order valence-electron chi connectivity index (χ4n) is 3.24. The van der Waals surface area contributed by atoms with Gasteiger partial charge in [-0.15, -0.1) is 0 Å². The van der Waals surface area contributed by atoms with Gasteiger partial charge in [-0.2, -0.15) is 0 Å². The highest BCUT2D eigenvalue weighted by atomic mass is 16.2. The Bertz CT molecular complexity index is 378. The summed E-state index contributed by atoms with van der Waals surface area (Å²) in [5.41, 5.74) is -0.628. The van der Waals surface area contributed by atoms with Crippen molar-refractivity contribution in [1.82, 2.24) is 10.2 Å².